The minimum absolute atomic E-state index is 0.0833. The molecule has 3 aliphatic rings. The van der Waals surface area contributed by atoms with Crippen LogP contribution in [0, 0.1) is 11.8 Å². The molecule has 5 nitrogen and oxygen atoms in total. The molecule has 0 aromatic rings. The molecule has 3 fully saturated rings. The van der Waals surface area contributed by atoms with E-state index >= 15 is 0 Å². The van der Waals surface area contributed by atoms with Crippen molar-refractivity contribution in [1.29, 1.82) is 0 Å². The number of rotatable bonds is 2. The Bertz CT molecular complexity index is 435. The van der Waals surface area contributed by atoms with Crippen LogP contribution in [0.5, 0.6) is 0 Å². The average Bonchev–Trinajstić information content (AvgIpc) is 2.79. The Morgan fingerprint density at radius 2 is 1.85 bits per heavy atom. The van der Waals surface area contributed by atoms with Gasteiger partial charge in [-0.2, -0.15) is 0 Å². The van der Waals surface area contributed by atoms with Crippen LogP contribution in [0.2, 0.25) is 0 Å². The number of sulfone groups is 1. The number of hydrogen-bond acceptors (Lipinski definition) is 5. The molecule has 1 N–H and O–H groups in total. The van der Waals surface area contributed by atoms with Crippen molar-refractivity contribution in [2.75, 3.05) is 31.3 Å². The van der Waals surface area contributed by atoms with Gasteiger partial charge in [-0.15, -0.1) is 0 Å². The van der Waals surface area contributed by atoms with Gasteiger partial charge in [0.25, 0.3) is 0 Å². The number of aliphatic hydroxyl groups excluding tert-OH is 1. The zero-order valence-corrected chi connectivity index (χ0v) is 12.6. The SMILES string of the molecule is O=S1(=O)CCC(C(O)C2CCOC3(CCOCC3)C2)C1. The molecule has 3 unspecified atom stereocenters. The molecule has 0 saturated carbocycles. The molecule has 0 amide bonds. The summed E-state index contributed by atoms with van der Waals surface area (Å²) in [4.78, 5) is 0. The topological polar surface area (TPSA) is 72.8 Å². The second kappa shape index (κ2) is 5.55. The maximum absolute atomic E-state index is 11.6. The molecule has 0 aromatic carbocycles. The highest BCUT2D eigenvalue weighted by Crippen LogP contribution is 2.40. The van der Waals surface area contributed by atoms with Gasteiger partial charge in [0.1, 0.15) is 0 Å². The van der Waals surface area contributed by atoms with E-state index in [0.29, 0.717) is 13.0 Å². The molecule has 3 atom stereocenters. The van der Waals surface area contributed by atoms with Gasteiger partial charge in [0.15, 0.2) is 9.84 Å². The normalized spacial score (nSPS) is 37.9. The van der Waals surface area contributed by atoms with Crippen molar-refractivity contribution >= 4 is 9.84 Å². The fraction of sp³-hybridized carbons (Fsp3) is 1.00. The van der Waals surface area contributed by atoms with Crippen molar-refractivity contribution < 1.29 is 23.0 Å². The lowest BCUT2D eigenvalue weighted by atomic mass is 9.76. The predicted molar refractivity (Wildman–Crippen MR) is 74.2 cm³/mol. The van der Waals surface area contributed by atoms with Crippen LogP contribution in [-0.2, 0) is 19.3 Å². The first-order valence-electron chi connectivity index (χ1n) is 7.60. The third-order valence-electron chi connectivity index (χ3n) is 5.17. The average molecular weight is 304 g/mol. The van der Waals surface area contributed by atoms with Gasteiger partial charge in [0.2, 0.25) is 0 Å². The quantitative estimate of drug-likeness (QED) is 0.815. The number of aliphatic hydroxyl groups is 1. The highest BCUT2D eigenvalue weighted by molar-refractivity contribution is 7.91. The van der Waals surface area contributed by atoms with Crippen molar-refractivity contribution in [3.05, 3.63) is 0 Å². The smallest absolute Gasteiger partial charge is 0.150 e. The second-order valence-corrected chi connectivity index (χ2v) is 8.78. The molecule has 3 rings (SSSR count). The maximum Gasteiger partial charge on any atom is 0.150 e. The molecule has 3 saturated heterocycles. The Kier molecular flexibility index (Phi) is 4.10. The molecule has 0 radical (unpaired) electrons. The van der Waals surface area contributed by atoms with E-state index in [0.717, 1.165) is 38.9 Å². The maximum atomic E-state index is 11.6. The molecule has 3 heterocycles. The van der Waals surface area contributed by atoms with Gasteiger partial charge in [-0.1, -0.05) is 0 Å². The van der Waals surface area contributed by atoms with E-state index in [1.54, 1.807) is 0 Å². The van der Waals surface area contributed by atoms with Gasteiger partial charge < -0.3 is 14.6 Å². The summed E-state index contributed by atoms with van der Waals surface area (Å²) >= 11 is 0. The lowest BCUT2D eigenvalue weighted by Gasteiger charge is -2.45. The van der Waals surface area contributed by atoms with Gasteiger partial charge in [-0.25, -0.2) is 8.42 Å². The Hall–Kier alpha value is -0.170. The lowest BCUT2D eigenvalue weighted by Crippen LogP contribution is -2.47. The fourth-order valence-electron chi connectivity index (χ4n) is 3.93. The van der Waals surface area contributed by atoms with E-state index in [2.05, 4.69) is 0 Å². The van der Waals surface area contributed by atoms with Gasteiger partial charge in [-0.3, -0.25) is 0 Å². The van der Waals surface area contributed by atoms with E-state index < -0.39 is 15.9 Å². The Morgan fingerprint density at radius 3 is 2.50 bits per heavy atom. The van der Waals surface area contributed by atoms with Crippen LogP contribution in [0.4, 0.5) is 0 Å². The van der Waals surface area contributed by atoms with Gasteiger partial charge in [-0.05, 0) is 43.9 Å². The standard InChI is InChI=1S/C14H24O5S/c15-13(12-2-8-20(16,17)10-12)11-1-5-19-14(9-11)3-6-18-7-4-14/h11-13,15H,1-10H2. The summed E-state index contributed by atoms with van der Waals surface area (Å²) in [5.74, 6) is 0.471. The Morgan fingerprint density at radius 1 is 1.10 bits per heavy atom. The fourth-order valence-corrected chi connectivity index (χ4v) is 5.77. The second-order valence-electron chi connectivity index (χ2n) is 6.55. The minimum atomic E-state index is -2.92. The predicted octanol–water partition coefficient (Wildman–Crippen LogP) is 0.758. The van der Waals surface area contributed by atoms with E-state index in [9.17, 15) is 13.5 Å². The summed E-state index contributed by atoms with van der Waals surface area (Å²) in [6, 6.07) is 0. The van der Waals surface area contributed by atoms with Crippen LogP contribution in [0.3, 0.4) is 0 Å². The highest BCUT2D eigenvalue weighted by atomic mass is 32.2. The van der Waals surface area contributed by atoms with E-state index in [1.807, 2.05) is 0 Å². The van der Waals surface area contributed by atoms with Crippen LogP contribution < -0.4 is 0 Å². The summed E-state index contributed by atoms with van der Waals surface area (Å²) in [6.07, 6.45) is 3.56. The molecular weight excluding hydrogens is 280 g/mol. The monoisotopic (exact) mass is 304 g/mol. The molecule has 20 heavy (non-hydrogen) atoms. The molecule has 3 aliphatic heterocycles. The number of hydrogen-bond donors (Lipinski definition) is 1. The zero-order valence-electron chi connectivity index (χ0n) is 11.8. The largest absolute Gasteiger partial charge is 0.393 e. The molecule has 0 aliphatic carbocycles. The van der Waals surface area contributed by atoms with Crippen molar-refractivity contribution in [3.8, 4) is 0 Å². The molecule has 1 spiro atoms. The first-order chi connectivity index (χ1) is 9.50. The molecule has 0 bridgehead atoms. The van der Waals surface area contributed by atoms with Crippen LogP contribution in [0.25, 0.3) is 0 Å². The van der Waals surface area contributed by atoms with Crippen molar-refractivity contribution in [3.63, 3.8) is 0 Å². The molecule has 116 valence electrons. The highest BCUT2D eigenvalue weighted by Gasteiger charge is 2.44. The summed E-state index contributed by atoms with van der Waals surface area (Å²) in [6.45, 7) is 2.11. The van der Waals surface area contributed by atoms with Crippen LogP contribution in [-0.4, -0.2) is 56.6 Å². The first kappa shape index (κ1) is 14.8. The van der Waals surface area contributed by atoms with E-state index in [1.165, 1.54) is 0 Å². The Balaban J connectivity index is 1.64. The van der Waals surface area contributed by atoms with Gasteiger partial charge >= 0.3 is 0 Å². The molecule has 0 aromatic heterocycles. The lowest BCUT2D eigenvalue weighted by molar-refractivity contribution is -0.161. The van der Waals surface area contributed by atoms with E-state index in [-0.39, 0.29) is 28.9 Å². The summed E-state index contributed by atoms with van der Waals surface area (Å²) in [5, 5.41) is 10.6. The van der Waals surface area contributed by atoms with Gasteiger partial charge in [0, 0.05) is 19.8 Å². The summed E-state index contributed by atoms with van der Waals surface area (Å²) < 4.78 is 34.5. The first-order valence-corrected chi connectivity index (χ1v) is 9.42. The third kappa shape index (κ3) is 3.03. The van der Waals surface area contributed by atoms with E-state index in [4.69, 9.17) is 9.47 Å². The molecular formula is C14H24O5S. The minimum Gasteiger partial charge on any atom is -0.393 e. The number of ether oxygens (including phenoxy) is 2. The van der Waals surface area contributed by atoms with Crippen molar-refractivity contribution in [2.24, 2.45) is 11.8 Å². The molecule has 6 heteroatoms. The zero-order chi connectivity index (χ0) is 14.2. The van der Waals surface area contributed by atoms with Crippen molar-refractivity contribution in [2.45, 2.75) is 43.8 Å². The third-order valence-corrected chi connectivity index (χ3v) is 6.96. The van der Waals surface area contributed by atoms with Crippen molar-refractivity contribution in [1.82, 2.24) is 0 Å². The van der Waals surface area contributed by atoms with Crippen LogP contribution >= 0.6 is 0 Å². The van der Waals surface area contributed by atoms with Crippen LogP contribution in [0.1, 0.15) is 32.1 Å². The van der Waals surface area contributed by atoms with Crippen LogP contribution in [0.15, 0.2) is 0 Å². The summed E-state index contributed by atoms with van der Waals surface area (Å²) in [7, 11) is -2.92. The Labute approximate surface area is 120 Å². The summed E-state index contributed by atoms with van der Waals surface area (Å²) in [5.41, 5.74) is -0.139. The van der Waals surface area contributed by atoms with Gasteiger partial charge in [0.05, 0.1) is 23.2 Å².